The molecule has 0 aliphatic carbocycles. The van der Waals surface area contributed by atoms with E-state index in [0.29, 0.717) is 5.92 Å². The van der Waals surface area contributed by atoms with Gasteiger partial charge in [-0.1, -0.05) is 57.7 Å². The zero-order valence-electron chi connectivity index (χ0n) is 14.3. The van der Waals surface area contributed by atoms with Gasteiger partial charge in [-0.05, 0) is 24.0 Å². The Morgan fingerprint density at radius 2 is 2.00 bits per heavy atom. The minimum absolute atomic E-state index is 0.142. The molecule has 0 aliphatic heterocycles. The Kier molecular flexibility index (Phi) is 4.84. The molecule has 0 fully saturated rings. The summed E-state index contributed by atoms with van der Waals surface area (Å²) in [6, 6.07) is 11.3. The fourth-order valence-electron chi connectivity index (χ4n) is 3.51. The number of unbranched alkanes of at least 4 members (excludes halogenated alkanes) is 1. The van der Waals surface area contributed by atoms with Crippen molar-refractivity contribution in [2.45, 2.75) is 46.0 Å². The third kappa shape index (κ3) is 3.14. The van der Waals surface area contributed by atoms with Crippen molar-refractivity contribution in [2.24, 2.45) is 5.92 Å². The maximum absolute atomic E-state index is 11.0. The van der Waals surface area contributed by atoms with Gasteiger partial charge in [0.05, 0.1) is 4.92 Å². The number of fused-ring (bicyclic) bond motifs is 3. The minimum atomic E-state index is -0.333. The number of nitro groups is 1. The molecule has 4 nitrogen and oxygen atoms in total. The van der Waals surface area contributed by atoms with Gasteiger partial charge in [-0.15, -0.1) is 0 Å². The number of hydrogen-bond donors (Lipinski definition) is 1. The standard InChI is InChI=1S/C20H24N2O2/c1-3-5-7-14(4-2)12-15-8-6-9-17-18-13-16(22(23)24)10-11-19(18)21-20(15)17/h6,8-11,13-14,21H,3-5,7,12H2,1-2H3. The van der Waals surface area contributed by atoms with Crippen molar-refractivity contribution < 1.29 is 4.92 Å². The molecule has 3 rings (SSSR count). The molecule has 4 heteroatoms. The molecule has 0 bridgehead atoms. The molecule has 0 saturated heterocycles. The second-order valence-electron chi connectivity index (χ2n) is 6.57. The van der Waals surface area contributed by atoms with E-state index in [0.717, 1.165) is 28.2 Å². The van der Waals surface area contributed by atoms with Gasteiger partial charge in [-0.3, -0.25) is 10.1 Å². The molecule has 3 aromatic rings. The van der Waals surface area contributed by atoms with E-state index in [1.165, 1.54) is 31.2 Å². The van der Waals surface area contributed by atoms with Gasteiger partial charge in [0.15, 0.2) is 0 Å². The summed E-state index contributed by atoms with van der Waals surface area (Å²) in [7, 11) is 0. The molecule has 0 saturated carbocycles. The van der Waals surface area contributed by atoms with Crippen molar-refractivity contribution in [2.75, 3.05) is 0 Å². The van der Waals surface area contributed by atoms with Crippen LogP contribution >= 0.6 is 0 Å². The molecule has 1 heterocycles. The van der Waals surface area contributed by atoms with Crippen molar-refractivity contribution >= 4 is 27.5 Å². The number of H-pyrrole nitrogens is 1. The number of aromatic nitrogens is 1. The number of nitrogens with zero attached hydrogens (tertiary/aromatic N) is 1. The molecule has 24 heavy (non-hydrogen) atoms. The molecule has 0 radical (unpaired) electrons. The van der Waals surface area contributed by atoms with Crippen LogP contribution in [0.3, 0.4) is 0 Å². The largest absolute Gasteiger partial charge is 0.354 e. The van der Waals surface area contributed by atoms with Gasteiger partial charge in [0, 0.05) is 33.9 Å². The molecule has 126 valence electrons. The molecule has 1 atom stereocenters. The van der Waals surface area contributed by atoms with Gasteiger partial charge in [0.2, 0.25) is 0 Å². The predicted molar refractivity (Wildman–Crippen MR) is 99.5 cm³/mol. The average Bonchev–Trinajstić information content (AvgIpc) is 2.97. The van der Waals surface area contributed by atoms with Gasteiger partial charge in [-0.25, -0.2) is 0 Å². The number of para-hydroxylation sites is 1. The molecule has 1 unspecified atom stereocenters. The van der Waals surface area contributed by atoms with Crippen LogP contribution in [0.2, 0.25) is 0 Å². The van der Waals surface area contributed by atoms with Crippen molar-refractivity contribution in [3.05, 3.63) is 52.1 Å². The smallest absolute Gasteiger partial charge is 0.270 e. The molecule has 2 aromatic carbocycles. The number of rotatable bonds is 7. The monoisotopic (exact) mass is 324 g/mol. The molecule has 1 N–H and O–H groups in total. The Morgan fingerprint density at radius 1 is 1.17 bits per heavy atom. The van der Waals surface area contributed by atoms with E-state index >= 15 is 0 Å². The van der Waals surface area contributed by atoms with Crippen LogP contribution in [0.1, 0.15) is 45.1 Å². The first-order valence-corrected chi connectivity index (χ1v) is 8.81. The van der Waals surface area contributed by atoms with E-state index in [1.54, 1.807) is 12.1 Å². The van der Waals surface area contributed by atoms with Crippen molar-refractivity contribution in [1.82, 2.24) is 4.98 Å². The van der Waals surface area contributed by atoms with Crippen molar-refractivity contribution in [1.29, 1.82) is 0 Å². The summed E-state index contributed by atoms with van der Waals surface area (Å²) < 4.78 is 0. The van der Waals surface area contributed by atoms with E-state index in [4.69, 9.17) is 0 Å². The second kappa shape index (κ2) is 7.04. The van der Waals surface area contributed by atoms with Crippen molar-refractivity contribution in [3.63, 3.8) is 0 Å². The summed E-state index contributed by atoms with van der Waals surface area (Å²) in [4.78, 5) is 14.2. The third-order valence-electron chi connectivity index (χ3n) is 4.97. The van der Waals surface area contributed by atoms with Crippen LogP contribution in [0.25, 0.3) is 21.8 Å². The van der Waals surface area contributed by atoms with E-state index < -0.39 is 0 Å². The van der Waals surface area contributed by atoms with E-state index in [1.807, 2.05) is 12.1 Å². The van der Waals surface area contributed by atoms with E-state index in [9.17, 15) is 10.1 Å². The summed E-state index contributed by atoms with van der Waals surface area (Å²) in [6.07, 6.45) is 6.00. The highest BCUT2D eigenvalue weighted by Crippen LogP contribution is 2.32. The maximum Gasteiger partial charge on any atom is 0.270 e. The highest BCUT2D eigenvalue weighted by atomic mass is 16.6. The molecular formula is C20H24N2O2. The average molecular weight is 324 g/mol. The summed E-state index contributed by atoms with van der Waals surface area (Å²) in [6.45, 7) is 4.49. The van der Waals surface area contributed by atoms with Gasteiger partial charge in [-0.2, -0.15) is 0 Å². The van der Waals surface area contributed by atoms with Crippen LogP contribution < -0.4 is 0 Å². The van der Waals surface area contributed by atoms with Gasteiger partial charge >= 0.3 is 0 Å². The normalized spacial score (nSPS) is 12.8. The lowest BCUT2D eigenvalue weighted by Crippen LogP contribution is -2.03. The highest BCUT2D eigenvalue weighted by molar-refractivity contribution is 6.08. The van der Waals surface area contributed by atoms with Crippen molar-refractivity contribution in [3.8, 4) is 0 Å². The Balaban J connectivity index is 2.03. The molecule has 0 amide bonds. The number of non-ortho nitro benzene ring substituents is 1. The van der Waals surface area contributed by atoms with Gasteiger partial charge in [0.25, 0.3) is 5.69 Å². The summed E-state index contributed by atoms with van der Waals surface area (Å²) in [5, 5.41) is 13.1. The first-order chi connectivity index (χ1) is 11.6. The van der Waals surface area contributed by atoms with Crippen LogP contribution in [0.15, 0.2) is 36.4 Å². The Morgan fingerprint density at radius 3 is 2.71 bits per heavy atom. The highest BCUT2D eigenvalue weighted by Gasteiger charge is 2.14. The zero-order valence-corrected chi connectivity index (χ0v) is 14.3. The Hall–Kier alpha value is -2.36. The topological polar surface area (TPSA) is 58.9 Å². The number of nitrogens with one attached hydrogen (secondary N) is 1. The van der Waals surface area contributed by atoms with E-state index in [-0.39, 0.29) is 10.6 Å². The predicted octanol–water partition coefficient (Wildman–Crippen LogP) is 5.99. The maximum atomic E-state index is 11.0. The lowest BCUT2D eigenvalue weighted by atomic mass is 9.91. The van der Waals surface area contributed by atoms with Gasteiger partial charge < -0.3 is 4.98 Å². The van der Waals surface area contributed by atoms with Crippen LogP contribution in [-0.2, 0) is 6.42 Å². The third-order valence-corrected chi connectivity index (χ3v) is 4.97. The SMILES string of the molecule is CCCCC(CC)Cc1cccc2c1[nH]c1ccc([N+](=O)[O-])cc12. The Labute approximate surface area is 142 Å². The second-order valence-corrected chi connectivity index (χ2v) is 6.57. The van der Waals surface area contributed by atoms with Crippen LogP contribution in [-0.4, -0.2) is 9.91 Å². The van der Waals surface area contributed by atoms with Gasteiger partial charge in [0.1, 0.15) is 0 Å². The first kappa shape index (κ1) is 16.5. The number of aromatic amines is 1. The fourth-order valence-corrected chi connectivity index (χ4v) is 3.51. The quantitative estimate of drug-likeness (QED) is 0.429. The summed E-state index contributed by atoms with van der Waals surface area (Å²) in [5.74, 6) is 0.691. The van der Waals surface area contributed by atoms with Crippen LogP contribution in [0.5, 0.6) is 0 Å². The summed E-state index contributed by atoms with van der Waals surface area (Å²) in [5.41, 5.74) is 3.55. The van der Waals surface area contributed by atoms with Crippen LogP contribution in [0, 0.1) is 16.0 Å². The molecular weight excluding hydrogens is 300 g/mol. The number of nitro benzene ring substituents is 1. The van der Waals surface area contributed by atoms with Crippen LogP contribution in [0.4, 0.5) is 5.69 Å². The molecule has 1 aromatic heterocycles. The Bertz CT molecular complexity index is 867. The number of benzene rings is 2. The lowest BCUT2D eigenvalue weighted by molar-refractivity contribution is -0.384. The molecule has 0 aliphatic rings. The van der Waals surface area contributed by atoms with E-state index in [2.05, 4.69) is 31.0 Å². The lowest BCUT2D eigenvalue weighted by Gasteiger charge is -2.15. The first-order valence-electron chi connectivity index (χ1n) is 8.81. The number of hydrogen-bond acceptors (Lipinski definition) is 2. The fraction of sp³-hybridized carbons (Fsp3) is 0.400. The molecule has 0 spiro atoms. The summed E-state index contributed by atoms with van der Waals surface area (Å²) >= 11 is 0. The minimum Gasteiger partial charge on any atom is -0.354 e. The zero-order chi connectivity index (χ0) is 17.1.